The summed E-state index contributed by atoms with van der Waals surface area (Å²) in [4.78, 5) is 13.1. The van der Waals surface area contributed by atoms with E-state index in [1.165, 1.54) is 7.11 Å². The van der Waals surface area contributed by atoms with Crippen molar-refractivity contribution >= 4 is 5.97 Å². The first-order valence-corrected chi connectivity index (χ1v) is 5.47. The fraction of sp³-hybridized carbons (Fsp3) is 0.583. The van der Waals surface area contributed by atoms with Gasteiger partial charge in [-0.1, -0.05) is 18.6 Å². The maximum atomic E-state index is 10.8. The molecule has 0 fully saturated rings. The van der Waals surface area contributed by atoms with Gasteiger partial charge in [0.15, 0.2) is 0 Å². The first-order valence-electron chi connectivity index (χ1n) is 5.47. The van der Waals surface area contributed by atoms with Crippen molar-refractivity contribution in [1.29, 1.82) is 0 Å². The maximum Gasteiger partial charge on any atom is 0.305 e. The van der Waals surface area contributed by atoms with Crippen molar-refractivity contribution in [3.63, 3.8) is 0 Å². The number of hydrogen-bond donors (Lipinski definition) is 0. The molecular weight excluding hydrogens is 190 g/mol. The van der Waals surface area contributed by atoms with Crippen molar-refractivity contribution < 1.29 is 9.53 Å². The van der Waals surface area contributed by atoms with Crippen molar-refractivity contribution in [2.45, 2.75) is 25.7 Å². The van der Waals surface area contributed by atoms with Crippen molar-refractivity contribution in [1.82, 2.24) is 4.90 Å². The Morgan fingerprint density at radius 2 is 2.20 bits per heavy atom. The van der Waals surface area contributed by atoms with E-state index < -0.39 is 0 Å². The Kier molecular flexibility index (Phi) is 5.59. The molecule has 0 bridgehead atoms. The summed E-state index contributed by atoms with van der Waals surface area (Å²) in [5, 5.41) is 0. The van der Waals surface area contributed by atoms with Crippen LogP contribution in [0.15, 0.2) is 24.4 Å². The molecule has 15 heavy (non-hydrogen) atoms. The fourth-order valence-electron chi connectivity index (χ4n) is 1.54. The van der Waals surface area contributed by atoms with E-state index in [0.29, 0.717) is 6.42 Å². The van der Waals surface area contributed by atoms with Gasteiger partial charge in [-0.25, -0.2) is 0 Å². The standard InChI is InChI=1S/C12H19NO2/c1-15-12(14)8-4-2-5-9-13-10-6-3-7-11-13/h3,6-7,10H,2,4-5,8-9,11H2,1H3. The van der Waals surface area contributed by atoms with Gasteiger partial charge in [-0.2, -0.15) is 0 Å². The summed E-state index contributed by atoms with van der Waals surface area (Å²) < 4.78 is 4.58. The van der Waals surface area contributed by atoms with E-state index in [1.54, 1.807) is 0 Å². The Bertz CT molecular complexity index is 246. The Balaban J connectivity index is 1.95. The van der Waals surface area contributed by atoms with Crippen LogP contribution in [0.3, 0.4) is 0 Å². The topological polar surface area (TPSA) is 29.5 Å². The molecule has 0 spiro atoms. The van der Waals surface area contributed by atoms with Crippen LogP contribution in [0.4, 0.5) is 0 Å². The molecular formula is C12H19NO2. The summed E-state index contributed by atoms with van der Waals surface area (Å²) in [5.41, 5.74) is 0. The van der Waals surface area contributed by atoms with E-state index in [2.05, 4.69) is 34.1 Å². The minimum atomic E-state index is -0.101. The van der Waals surface area contributed by atoms with E-state index in [1.807, 2.05) is 0 Å². The summed E-state index contributed by atoms with van der Waals surface area (Å²) in [6, 6.07) is 0. The largest absolute Gasteiger partial charge is 0.469 e. The summed E-state index contributed by atoms with van der Waals surface area (Å²) in [6.07, 6.45) is 12.1. The van der Waals surface area contributed by atoms with Crippen LogP contribution in [0.5, 0.6) is 0 Å². The van der Waals surface area contributed by atoms with Gasteiger partial charge in [0.1, 0.15) is 0 Å². The first kappa shape index (κ1) is 11.8. The Hall–Kier alpha value is -1.25. The monoisotopic (exact) mass is 209 g/mol. The predicted octanol–water partition coefficient (Wildman–Crippen LogP) is 2.11. The second kappa shape index (κ2) is 7.10. The lowest BCUT2D eigenvalue weighted by Crippen LogP contribution is -2.19. The van der Waals surface area contributed by atoms with Crippen molar-refractivity contribution in [2.24, 2.45) is 0 Å². The summed E-state index contributed by atoms with van der Waals surface area (Å²) in [6.45, 7) is 2.08. The highest BCUT2D eigenvalue weighted by molar-refractivity contribution is 5.68. The number of rotatable bonds is 6. The van der Waals surface area contributed by atoms with Crippen LogP contribution in [-0.4, -0.2) is 31.1 Å². The van der Waals surface area contributed by atoms with Crippen molar-refractivity contribution in [3.8, 4) is 0 Å². The lowest BCUT2D eigenvalue weighted by atomic mass is 10.2. The van der Waals surface area contributed by atoms with Crippen LogP contribution in [0.1, 0.15) is 25.7 Å². The third kappa shape index (κ3) is 5.25. The number of allylic oxidation sites excluding steroid dienone is 2. The molecule has 1 heterocycles. The quantitative estimate of drug-likeness (QED) is 0.495. The highest BCUT2D eigenvalue weighted by Crippen LogP contribution is 2.05. The average molecular weight is 209 g/mol. The lowest BCUT2D eigenvalue weighted by Gasteiger charge is -2.19. The van der Waals surface area contributed by atoms with E-state index in [4.69, 9.17) is 0 Å². The SMILES string of the molecule is COC(=O)CCCCCN1C=CC=CC1. The summed E-state index contributed by atoms with van der Waals surface area (Å²) >= 11 is 0. The van der Waals surface area contributed by atoms with Crippen LogP contribution < -0.4 is 0 Å². The van der Waals surface area contributed by atoms with Gasteiger partial charge in [-0.15, -0.1) is 0 Å². The molecule has 0 N–H and O–H groups in total. The van der Waals surface area contributed by atoms with E-state index in [0.717, 1.165) is 32.4 Å². The second-order valence-electron chi connectivity index (χ2n) is 3.65. The molecule has 3 heteroatoms. The molecule has 0 aliphatic carbocycles. The third-order valence-corrected chi connectivity index (χ3v) is 2.44. The molecule has 1 aliphatic heterocycles. The molecule has 84 valence electrons. The maximum absolute atomic E-state index is 10.8. The highest BCUT2D eigenvalue weighted by Gasteiger charge is 2.01. The van der Waals surface area contributed by atoms with E-state index >= 15 is 0 Å². The number of carbonyl (C=O) groups is 1. The Labute approximate surface area is 91.4 Å². The second-order valence-corrected chi connectivity index (χ2v) is 3.65. The minimum absolute atomic E-state index is 0.101. The van der Waals surface area contributed by atoms with Gasteiger partial charge in [-0.05, 0) is 25.1 Å². The molecule has 0 aromatic heterocycles. The summed E-state index contributed by atoms with van der Waals surface area (Å²) in [7, 11) is 1.44. The summed E-state index contributed by atoms with van der Waals surface area (Å²) in [5.74, 6) is -0.101. The number of methoxy groups -OCH3 is 1. The average Bonchev–Trinajstić information content (AvgIpc) is 2.29. The molecule has 0 aromatic carbocycles. The Morgan fingerprint density at radius 1 is 1.33 bits per heavy atom. The van der Waals surface area contributed by atoms with Gasteiger partial charge in [0.05, 0.1) is 7.11 Å². The zero-order chi connectivity index (χ0) is 10.9. The fourth-order valence-corrected chi connectivity index (χ4v) is 1.54. The van der Waals surface area contributed by atoms with Gasteiger partial charge < -0.3 is 9.64 Å². The van der Waals surface area contributed by atoms with Gasteiger partial charge in [-0.3, -0.25) is 4.79 Å². The lowest BCUT2D eigenvalue weighted by molar-refractivity contribution is -0.140. The van der Waals surface area contributed by atoms with Crippen LogP contribution >= 0.6 is 0 Å². The van der Waals surface area contributed by atoms with Gasteiger partial charge in [0.2, 0.25) is 0 Å². The zero-order valence-electron chi connectivity index (χ0n) is 9.32. The van der Waals surface area contributed by atoms with Crippen LogP contribution in [0.25, 0.3) is 0 Å². The molecule has 0 saturated heterocycles. The number of esters is 1. The predicted molar refractivity (Wildman–Crippen MR) is 60.3 cm³/mol. The molecule has 0 atom stereocenters. The molecule has 0 amide bonds. The molecule has 1 rings (SSSR count). The van der Waals surface area contributed by atoms with Gasteiger partial charge in [0.25, 0.3) is 0 Å². The van der Waals surface area contributed by atoms with Crippen LogP contribution in [0.2, 0.25) is 0 Å². The Morgan fingerprint density at radius 3 is 2.87 bits per heavy atom. The van der Waals surface area contributed by atoms with E-state index in [9.17, 15) is 4.79 Å². The molecule has 0 radical (unpaired) electrons. The first-order chi connectivity index (χ1) is 7.33. The molecule has 1 aliphatic rings. The molecule has 0 unspecified atom stereocenters. The minimum Gasteiger partial charge on any atom is -0.469 e. The highest BCUT2D eigenvalue weighted by atomic mass is 16.5. The van der Waals surface area contributed by atoms with Crippen molar-refractivity contribution in [2.75, 3.05) is 20.2 Å². The van der Waals surface area contributed by atoms with E-state index in [-0.39, 0.29) is 5.97 Å². The molecule has 0 saturated carbocycles. The number of hydrogen-bond acceptors (Lipinski definition) is 3. The normalized spacial score (nSPS) is 14.3. The number of nitrogens with zero attached hydrogens (tertiary/aromatic N) is 1. The zero-order valence-corrected chi connectivity index (χ0v) is 9.32. The van der Waals surface area contributed by atoms with Crippen LogP contribution in [0, 0.1) is 0 Å². The number of ether oxygens (including phenoxy) is 1. The van der Waals surface area contributed by atoms with Crippen LogP contribution in [-0.2, 0) is 9.53 Å². The number of unbranched alkanes of at least 4 members (excludes halogenated alkanes) is 2. The molecule has 3 nitrogen and oxygen atoms in total. The van der Waals surface area contributed by atoms with Crippen molar-refractivity contribution in [3.05, 3.63) is 24.4 Å². The van der Waals surface area contributed by atoms with Gasteiger partial charge >= 0.3 is 5.97 Å². The third-order valence-electron chi connectivity index (χ3n) is 2.44. The molecule has 0 aromatic rings. The smallest absolute Gasteiger partial charge is 0.305 e. The van der Waals surface area contributed by atoms with Gasteiger partial charge in [0, 0.05) is 19.5 Å². The number of carbonyl (C=O) groups excluding carboxylic acids is 1.